The van der Waals surface area contributed by atoms with Gasteiger partial charge in [0, 0.05) is 32.3 Å². The highest BCUT2D eigenvalue weighted by molar-refractivity contribution is 6.14. The summed E-state index contributed by atoms with van der Waals surface area (Å²) >= 11 is 0. The van der Waals surface area contributed by atoms with E-state index < -0.39 is 12.3 Å². The van der Waals surface area contributed by atoms with Crippen LogP contribution < -0.4 is 18.9 Å². The van der Waals surface area contributed by atoms with Gasteiger partial charge in [0.05, 0.1) is 0 Å². The van der Waals surface area contributed by atoms with Crippen molar-refractivity contribution in [1.29, 1.82) is 0 Å². The Kier molecular flexibility index (Phi) is 7.26. The van der Waals surface area contributed by atoms with Crippen LogP contribution in [0.25, 0.3) is 43.1 Å². The maximum absolute atomic E-state index is 13.5. The molecule has 46 heavy (non-hydrogen) atoms. The van der Waals surface area contributed by atoms with Gasteiger partial charge in [-0.3, -0.25) is 0 Å². The summed E-state index contributed by atoms with van der Waals surface area (Å²) in [5.74, 6) is 1.40. The molecule has 7 rings (SSSR count). The highest BCUT2D eigenvalue weighted by atomic mass is 16.7. The van der Waals surface area contributed by atoms with Crippen molar-refractivity contribution in [3.63, 3.8) is 0 Å². The lowest BCUT2D eigenvalue weighted by atomic mass is 9.82. The summed E-state index contributed by atoms with van der Waals surface area (Å²) in [5.41, 5.74) is 0.538. The second-order valence-corrected chi connectivity index (χ2v) is 12.0. The van der Waals surface area contributed by atoms with E-state index in [0.717, 1.165) is 27.1 Å². The zero-order chi connectivity index (χ0) is 31.8. The molecular weight excluding hydrogens is 576 g/mol. The number of rotatable bonds is 4. The van der Waals surface area contributed by atoms with Gasteiger partial charge in [-0.25, -0.2) is 9.59 Å². The van der Waals surface area contributed by atoms with Crippen molar-refractivity contribution in [2.75, 3.05) is 0 Å². The van der Waals surface area contributed by atoms with Crippen LogP contribution in [0.2, 0.25) is 0 Å². The van der Waals surface area contributed by atoms with E-state index in [0.29, 0.717) is 44.5 Å². The molecule has 0 saturated heterocycles. The number of hydrogen-bond donors (Lipinski definition) is 0. The van der Waals surface area contributed by atoms with Gasteiger partial charge in [0.1, 0.15) is 17.2 Å². The van der Waals surface area contributed by atoms with Crippen molar-refractivity contribution >= 4 is 55.4 Å². The van der Waals surface area contributed by atoms with E-state index in [1.165, 1.54) is 0 Å². The summed E-state index contributed by atoms with van der Waals surface area (Å²) in [6.07, 6.45) is -1.76. The van der Waals surface area contributed by atoms with Crippen LogP contribution in [0.5, 0.6) is 23.0 Å². The maximum Gasteiger partial charge on any atom is 0.519 e. The molecule has 0 aromatic heterocycles. The lowest BCUT2D eigenvalue weighted by molar-refractivity contribution is 0.151. The van der Waals surface area contributed by atoms with E-state index >= 15 is 0 Å². The molecule has 0 aliphatic rings. The Balaban J connectivity index is 1.33. The minimum atomic E-state index is -0.881. The number of benzene rings is 7. The van der Waals surface area contributed by atoms with Crippen LogP contribution in [0.3, 0.4) is 0 Å². The highest BCUT2D eigenvalue weighted by Gasteiger charge is 2.27. The van der Waals surface area contributed by atoms with E-state index in [-0.39, 0.29) is 5.41 Å². The van der Waals surface area contributed by atoms with Crippen LogP contribution in [0.15, 0.2) is 127 Å². The molecule has 0 radical (unpaired) electrons. The van der Waals surface area contributed by atoms with Crippen LogP contribution in [0.1, 0.15) is 26.3 Å². The molecule has 226 valence electrons. The summed E-state index contributed by atoms with van der Waals surface area (Å²) in [6, 6.07) is 39.4. The first-order valence-electron chi connectivity index (χ1n) is 15.0. The monoisotopic (exact) mass is 606 g/mol. The van der Waals surface area contributed by atoms with Crippen molar-refractivity contribution in [1.82, 2.24) is 0 Å². The molecule has 0 aliphatic heterocycles. The van der Waals surface area contributed by atoms with Gasteiger partial charge in [0.25, 0.3) is 0 Å². The van der Waals surface area contributed by atoms with Crippen molar-refractivity contribution in [3.8, 4) is 23.0 Å². The van der Waals surface area contributed by atoms with Crippen LogP contribution in [0, 0.1) is 0 Å². The number of hydrogen-bond acceptors (Lipinski definition) is 6. The Bertz CT molecular complexity index is 2290. The number of carbonyl (C=O) groups is 2. The molecule has 0 atom stereocenters. The zero-order valence-corrected chi connectivity index (χ0v) is 25.6. The Labute approximate surface area is 265 Å². The lowest BCUT2D eigenvalue weighted by Crippen LogP contribution is -2.18. The minimum absolute atomic E-state index is 0.303. The van der Waals surface area contributed by atoms with E-state index in [1.54, 1.807) is 12.1 Å². The van der Waals surface area contributed by atoms with Crippen LogP contribution in [0.4, 0.5) is 9.59 Å². The first kappa shape index (κ1) is 28.9. The van der Waals surface area contributed by atoms with Gasteiger partial charge in [-0.05, 0) is 33.9 Å². The standard InChI is InChI=1S/C40H30O6/c1-40(2,3)32-22-12-21-31-35(32)37(46-39(42)44-34-24-11-16-26-14-5-7-18-28(26)34)30-20-9-8-19-29(30)36(31)45-38(41)43-33-23-10-15-25-13-4-6-17-27(25)33/h4-24H,1-3H3. The van der Waals surface area contributed by atoms with Gasteiger partial charge >= 0.3 is 12.3 Å². The van der Waals surface area contributed by atoms with Crippen molar-refractivity contribution in [2.45, 2.75) is 26.2 Å². The second kappa shape index (κ2) is 11.6. The molecule has 0 unspecified atom stereocenters. The maximum atomic E-state index is 13.5. The quantitative estimate of drug-likeness (QED) is 0.113. The molecule has 0 bridgehead atoms. The molecule has 0 N–H and O–H groups in total. The molecule has 7 aromatic rings. The molecule has 0 heterocycles. The summed E-state index contributed by atoms with van der Waals surface area (Å²) in [7, 11) is 0. The van der Waals surface area contributed by atoms with Gasteiger partial charge < -0.3 is 18.9 Å². The van der Waals surface area contributed by atoms with Gasteiger partial charge in [0.15, 0.2) is 5.75 Å². The molecule has 7 aromatic carbocycles. The fraction of sp³-hybridized carbons (Fsp3) is 0.100. The number of ether oxygens (including phenoxy) is 4. The topological polar surface area (TPSA) is 71.1 Å². The number of carbonyl (C=O) groups excluding carboxylic acids is 2. The Morgan fingerprint density at radius 1 is 0.435 bits per heavy atom. The van der Waals surface area contributed by atoms with Crippen LogP contribution >= 0.6 is 0 Å². The predicted molar refractivity (Wildman–Crippen MR) is 181 cm³/mol. The third kappa shape index (κ3) is 5.35. The highest BCUT2D eigenvalue weighted by Crippen LogP contribution is 2.47. The van der Waals surface area contributed by atoms with Crippen molar-refractivity contribution in [3.05, 3.63) is 133 Å². The fourth-order valence-corrected chi connectivity index (χ4v) is 5.94. The average molecular weight is 607 g/mol. The summed E-state index contributed by atoms with van der Waals surface area (Å²) < 4.78 is 23.7. The third-order valence-electron chi connectivity index (χ3n) is 8.02. The largest absolute Gasteiger partial charge is 0.519 e. The van der Waals surface area contributed by atoms with Crippen LogP contribution in [-0.4, -0.2) is 12.3 Å². The normalized spacial score (nSPS) is 11.5. The average Bonchev–Trinajstić information content (AvgIpc) is 3.06. The summed E-state index contributed by atoms with van der Waals surface area (Å²) in [4.78, 5) is 26.9. The fourth-order valence-electron chi connectivity index (χ4n) is 5.94. The number of fused-ring (bicyclic) bond motifs is 4. The smallest absolute Gasteiger partial charge is 0.394 e. The Morgan fingerprint density at radius 3 is 1.39 bits per heavy atom. The minimum Gasteiger partial charge on any atom is -0.394 e. The molecule has 0 aliphatic carbocycles. The molecule has 6 heteroatoms. The Morgan fingerprint density at radius 2 is 0.848 bits per heavy atom. The molecule has 6 nitrogen and oxygen atoms in total. The van der Waals surface area contributed by atoms with Crippen molar-refractivity contribution < 1.29 is 28.5 Å². The van der Waals surface area contributed by atoms with Crippen LogP contribution in [-0.2, 0) is 5.41 Å². The molecule has 0 spiro atoms. The summed E-state index contributed by atoms with van der Waals surface area (Å²) in [6.45, 7) is 6.22. The van der Waals surface area contributed by atoms with Crippen molar-refractivity contribution in [2.24, 2.45) is 0 Å². The lowest BCUT2D eigenvalue weighted by Gasteiger charge is -2.24. The van der Waals surface area contributed by atoms with Gasteiger partial charge in [-0.1, -0.05) is 136 Å². The second-order valence-electron chi connectivity index (χ2n) is 12.0. The predicted octanol–water partition coefficient (Wildman–Crippen LogP) is 10.8. The van der Waals surface area contributed by atoms with E-state index in [2.05, 4.69) is 20.8 Å². The Hall–Kier alpha value is -5.88. The van der Waals surface area contributed by atoms with Gasteiger partial charge in [-0.15, -0.1) is 0 Å². The molecule has 0 amide bonds. The molecule has 0 fully saturated rings. The SMILES string of the molecule is CC(C)(C)c1cccc2c(OC(=O)Oc3cccc4ccccc34)c3ccccc3c(OC(=O)Oc3cccc4ccccc34)c12. The first-order valence-corrected chi connectivity index (χ1v) is 15.0. The molecular formula is C40H30O6. The first-order chi connectivity index (χ1) is 22.3. The van der Waals surface area contributed by atoms with E-state index in [9.17, 15) is 9.59 Å². The van der Waals surface area contributed by atoms with E-state index in [4.69, 9.17) is 18.9 Å². The van der Waals surface area contributed by atoms with Gasteiger partial charge in [-0.2, -0.15) is 0 Å². The molecule has 0 saturated carbocycles. The van der Waals surface area contributed by atoms with Gasteiger partial charge in [0.2, 0.25) is 0 Å². The van der Waals surface area contributed by atoms with E-state index in [1.807, 2.05) is 115 Å². The zero-order valence-electron chi connectivity index (χ0n) is 25.6. The summed E-state index contributed by atoms with van der Waals surface area (Å²) in [5, 5.41) is 5.84. The third-order valence-corrected chi connectivity index (χ3v) is 8.02.